The van der Waals surface area contributed by atoms with Crippen molar-refractivity contribution >= 4 is 38.8 Å². The molecule has 1 aromatic rings. The molecule has 1 atom stereocenters. The van der Waals surface area contributed by atoms with Crippen molar-refractivity contribution in [1.82, 2.24) is 4.31 Å². The molecule has 7 heteroatoms. The molecule has 1 fully saturated rings. The van der Waals surface area contributed by atoms with Gasteiger partial charge in [0.25, 0.3) is 0 Å². The highest BCUT2D eigenvalue weighted by atomic mass is 35.5. The van der Waals surface area contributed by atoms with Crippen LogP contribution in [0.15, 0.2) is 23.1 Å². The Morgan fingerprint density at radius 3 is 2.62 bits per heavy atom. The summed E-state index contributed by atoms with van der Waals surface area (Å²) < 4.78 is 26.9. The van der Waals surface area contributed by atoms with Crippen LogP contribution in [0.2, 0.25) is 5.02 Å². The van der Waals surface area contributed by atoms with Crippen LogP contribution in [0.3, 0.4) is 0 Å². The second kappa shape index (κ2) is 6.20. The first kappa shape index (κ1) is 16.7. The van der Waals surface area contributed by atoms with Gasteiger partial charge < -0.3 is 5.73 Å². The van der Waals surface area contributed by atoms with Crippen molar-refractivity contribution in [3.63, 3.8) is 0 Å². The summed E-state index contributed by atoms with van der Waals surface area (Å²) in [4.78, 5) is 0.315. The molecule has 2 rings (SSSR count). The highest BCUT2D eigenvalue weighted by molar-refractivity contribution is 7.89. The minimum atomic E-state index is -3.56. The lowest BCUT2D eigenvalue weighted by molar-refractivity contribution is 0.388. The molecule has 0 spiro atoms. The van der Waals surface area contributed by atoms with E-state index in [0.717, 1.165) is 6.42 Å². The molecular weight excluding hydrogens is 328 g/mol. The summed E-state index contributed by atoms with van der Waals surface area (Å²) in [5, 5.41) is 0.160. The minimum absolute atomic E-state index is 0.119. The van der Waals surface area contributed by atoms with Crippen molar-refractivity contribution < 1.29 is 8.42 Å². The molecule has 2 N–H and O–H groups in total. The predicted molar refractivity (Wildman–Crippen MR) is 89.0 cm³/mol. The Hall–Kier alpha value is -0.690. The van der Waals surface area contributed by atoms with Crippen LogP contribution < -0.4 is 5.73 Å². The van der Waals surface area contributed by atoms with E-state index in [1.54, 1.807) is 6.07 Å². The Morgan fingerprint density at radius 1 is 1.48 bits per heavy atom. The molecule has 4 nitrogen and oxygen atoms in total. The second-order valence-corrected chi connectivity index (χ2v) is 8.42. The van der Waals surface area contributed by atoms with Crippen LogP contribution in [0.25, 0.3) is 0 Å². The predicted octanol–water partition coefficient (Wildman–Crippen LogP) is 2.64. The summed E-state index contributed by atoms with van der Waals surface area (Å²) in [6.07, 6.45) is 0.888. The Balaban J connectivity index is 2.31. The van der Waals surface area contributed by atoms with E-state index in [0.29, 0.717) is 30.5 Å². The summed E-state index contributed by atoms with van der Waals surface area (Å²) in [6, 6.07) is 4.58. The van der Waals surface area contributed by atoms with Gasteiger partial charge in [0.05, 0.1) is 5.02 Å². The van der Waals surface area contributed by atoms with Gasteiger partial charge in [-0.2, -0.15) is 4.31 Å². The van der Waals surface area contributed by atoms with Gasteiger partial charge in [-0.3, -0.25) is 0 Å². The molecular formula is C14H19ClN2O2S2. The molecule has 0 amide bonds. The lowest BCUT2D eigenvalue weighted by Crippen LogP contribution is -2.29. The molecule has 1 aromatic carbocycles. The molecule has 0 aromatic heterocycles. The molecule has 1 unspecified atom stereocenters. The third kappa shape index (κ3) is 3.39. The molecule has 0 aliphatic carbocycles. The van der Waals surface area contributed by atoms with Gasteiger partial charge >= 0.3 is 0 Å². The number of benzene rings is 1. The van der Waals surface area contributed by atoms with Gasteiger partial charge in [0.15, 0.2) is 0 Å². The molecule has 1 saturated heterocycles. The van der Waals surface area contributed by atoms with Crippen molar-refractivity contribution in [3.8, 4) is 0 Å². The van der Waals surface area contributed by atoms with Crippen LogP contribution in [0, 0.1) is 11.8 Å². The average molecular weight is 347 g/mol. The standard InChI is InChI=1S/C14H19ClN2O2S2/c1-9(2)11-5-6-17(8-11)21(18,19)13-4-3-10(14(16)20)7-12(13)15/h3-4,7,9,11H,5-6,8H2,1-2H3,(H2,16,20). The zero-order valence-corrected chi connectivity index (χ0v) is 14.4. The molecule has 1 aliphatic rings. The SMILES string of the molecule is CC(C)C1CCN(S(=O)(=O)c2ccc(C(N)=S)cc2Cl)C1. The van der Waals surface area contributed by atoms with Gasteiger partial charge in [-0.1, -0.05) is 43.7 Å². The smallest absolute Gasteiger partial charge is 0.244 e. The Kier molecular flexibility index (Phi) is 4.92. The molecule has 0 bridgehead atoms. The van der Waals surface area contributed by atoms with Crippen LogP contribution >= 0.6 is 23.8 Å². The maximum atomic E-state index is 12.7. The first-order valence-electron chi connectivity index (χ1n) is 6.83. The second-order valence-electron chi connectivity index (χ2n) is 5.67. The van der Waals surface area contributed by atoms with E-state index < -0.39 is 10.0 Å². The van der Waals surface area contributed by atoms with Gasteiger partial charge in [0.1, 0.15) is 9.88 Å². The zero-order chi connectivity index (χ0) is 15.8. The normalized spacial score (nSPS) is 20.1. The van der Waals surface area contributed by atoms with E-state index in [1.165, 1.54) is 16.4 Å². The Morgan fingerprint density at radius 2 is 2.14 bits per heavy atom. The lowest BCUT2D eigenvalue weighted by Gasteiger charge is -2.19. The average Bonchev–Trinajstić information content (AvgIpc) is 2.88. The monoisotopic (exact) mass is 346 g/mol. The van der Waals surface area contributed by atoms with Gasteiger partial charge in [-0.05, 0) is 30.4 Å². The van der Waals surface area contributed by atoms with Crippen molar-refractivity contribution in [1.29, 1.82) is 0 Å². The summed E-state index contributed by atoms with van der Waals surface area (Å²) in [5.41, 5.74) is 6.09. The van der Waals surface area contributed by atoms with Gasteiger partial charge in [0, 0.05) is 18.7 Å². The fourth-order valence-corrected chi connectivity index (χ4v) is 4.68. The molecule has 21 heavy (non-hydrogen) atoms. The maximum absolute atomic E-state index is 12.7. The molecule has 116 valence electrons. The Bertz CT molecular complexity index is 659. The number of hydrogen-bond donors (Lipinski definition) is 1. The number of nitrogens with two attached hydrogens (primary N) is 1. The van der Waals surface area contributed by atoms with Crippen LogP contribution in [0.5, 0.6) is 0 Å². The Labute approximate surface area is 136 Å². The van der Waals surface area contributed by atoms with Crippen molar-refractivity contribution in [2.24, 2.45) is 17.6 Å². The summed E-state index contributed by atoms with van der Waals surface area (Å²) >= 11 is 11.0. The molecule has 1 heterocycles. The van der Waals surface area contributed by atoms with Crippen LogP contribution in [0.4, 0.5) is 0 Å². The van der Waals surface area contributed by atoms with E-state index in [2.05, 4.69) is 13.8 Å². The zero-order valence-electron chi connectivity index (χ0n) is 12.0. The van der Waals surface area contributed by atoms with E-state index in [-0.39, 0.29) is 14.9 Å². The fourth-order valence-electron chi connectivity index (χ4n) is 2.52. The highest BCUT2D eigenvalue weighted by Gasteiger charge is 2.34. The number of thiocarbonyl (C=S) groups is 1. The number of halogens is 1. The third-order valence-corrected chi connectivity index (χ3v) is 6.55. The first-order valence-corrected chi connectivity index (χ1v) is 9.05. The topological polar surface area (TPSA) is 63.4 Å². The number of nitrogens with zero attached hydrogens (tertiary/aromatic N) is 1. The maximum Gasteiger partial charge on any atom is 0.244 e. The lowest BCUT2D eigenvalue weighted by atomic mass is 9.96. The number of sulfonamides is 1. The minimum Gasteiger partial charge on any atom is -0.389 e. The van der Waals surface area contributed by atoms with E-state index in [1.807, 2.05) is 0 Å². The van der Waals surface area contributed by atoms with E-state index >= 15 is 0 Å². The number of hydrogen-bond acceptors (Lipinski definition) is 3. The van der Waals surface area contributed by atoms with Crippen LogP contribution in [0.1, 0.15) is 25.8 Å². The van der Waals surface area contributed by atoms with Crippen molar-refractivity contribution in [3.05, 3.63) is 28.8 Å². The first-order chi connectivity index (χ1) is 9.73. The van der Waals surface area contributed by atoms with Crippen molar-refractivity contribution in [2.75, 3.05) is 13.1 Å². The summed E-state index contributed by atoms with van der Waals surface area (Å²) in [7, 11) is -3.56. The van der Waals surface area contributed by atoms with Gasteiger partial charge in [-0.15, -0.1) is 0 Å². The highest BCUT2D eigenvalue weighted by Crippen LogP contribution is 2.31. The molecule has 0 saturated carbocycles. The van der Waals surface area contributed by atoms with Gasteiger partial charge in [0.2, 0.25) is 10.0 Å². The molecule has 1 aliphatic heterocycles. The number of rotatable bonds is 4. The molecule has 0 radical (unpaired) electrons. The third-order valence-electron chi connectivity index (χ3n) is 3.96. The summed E-state index contributed by atoms with van der Waals surface area (Å²) in [5.74, 6) is 0.868. The fraction of sp³-hybridized carbons (Fsp3) is 0.500. The van der Waals surface area contributed by atoms with Crippen molar-refractivity contribution in [2.45, 2.75) is 25.2 Å². The van der Waals surface area contributed by atoms with Gasteiger partial charge in [-0.25, -0.2) is 8.42 Å². The van der Waals surface area contributed by atoms with Crippen LogP contribution in [-0.4, -0.2) is 30.8 Å². The quantitative estimate of drug-likeness (QED) is 0.851. The van der Waals surface area contributed by atoms with E-state index in [4.69, 9.17) is 29.6 Å². The summed E-state index contributed by atoms with van der Waals surface area (Å²) in [6.45, 7) is 5.32. The van der Waals surface area contributed by atoms with Crippen LogP contribution in [-0.2, 0) is 10.0 Å². The largest absolute Gasteiger partial charge is 0.389 e. The van der Waals surface area contributed by atoms with E-state index in [9.17, 15) is 8.42 Å².